The van der Waals surface area contributed by atoms with Crippen LogP contribution in [-0.4, -0.2) is 50.0 Å². The van der Waals surface area contributed by atoms with Crippen molar-refractivity contribution in [3.05, 3.63) is 46.8 Å². The topological polar surface area (TPSA) is 88.3 Å². The summed E-state index contributed by atoms with van der Waals surface area (Å²) in [6.45, 7) is 3.65. The number of rotatable bonds is 4. The molecule has 9 heteroatoms. The van der Waals surface area contributed by atoms with Gasteiger partial charge in [0.05, 0.1) is 17.7 Å². The average molecular weight is 364 g/mol. The van der Waals surface area contributed by atoms with E-state index in [-0.39, 0.29) is 24.3 Å². The fourth-order valence-corrected chi connectivity index (χ4v) is 2.98. The first kappa shape index (κ1) is 18.0. The Bertz CT molecular complexity index is 883. The van der Waals surface area contributed by atoms with E-state index in [1.54, 1.807) is 13.8 Å². The van der Waals surface area contributed by atoms with E-state index in [1.165, 1.54) is 15.6 Å². The lowest BCUT2D eigenvalue weighted by atomic mass is 9.90. The van der Waals surface area contributed by atoms with Gasteiger partial charge in [-0.05, 0) is 26.3 Å². The monoisotopic (exact) mass is 364 g/mol. The zero-order valence-electron chi connectivity index (χ0n) is 14.4. The first-order valence-corrected chi connectivity index (χ1v) is 8.08. The van der Waals surface area contributed by atoms with Crippen LogP contribution in [0.4, 0.5) is 8.78 Å². The van der Waals surface area contributed by atoms with Crippen molar-refractivity contribution in [2.75, 3.05) is 13.1 Å². The summed E-state index contributed by atoms with van der Waals surface area (Å²) in [7, 11) is 0. The van der Waals surface area contributed by atoms with Crippen molar-refractivity contribution in [3.63, 3.8) is 0 Å². The van der Waals surface area contributed by atoms with Gasteiger partial charge in [-0.2, -0.15) is 0 Å². The molecule has 1 N–H and O–H groups in total. The number of amides is 1. The van der Waals surface area contributed by atoms with Crippen LogP contribution in [0.5, 0.6) is 0 Å². The summed E-state index contributed by atoms with van der Waals surface area (Å²) in [5.74, 6) is -2.73. The first-order valence-electron chi connectivity index (χ1n) is 8.08. The van der Waals surface area contributed by atoms with E-state index in [2.05, 4.69) is 10.3 Å². The Morgan fingerprint density at radius 3 is 2.69 bits per heavy atom. The lowest BCUT2D eigenvalue weighted by Gasteiger charge is -2.19. The van der Waals surface area contributed by atoms with Gasteiger partial charge in [0.25, 0.3) is 5.91 Å². The molecule has 0 saturated carbocycles. The highest BCUT2D eigenvalue weighted by Gasteiger charge is 2.43. The molecule has 2 aromatic rings. The molecule has 1 atom stereocenters. The molecule has 0 radical (unpaired) electrons. The Balaban J connectivity index is 1.79. The van der Waals surface area contributed by atoms with Crippen LogP contribution in [0.15, 0.2) is 18.2 Å². The highest BCUT2D eigenvalue weighted by atomic mass is 19.1. The van der Waals surface area contributed by atoms with Gasteiger partial charge in [-0.3, -0.25) is 9.59 Å². The third-order valence-electron chi connectivity index (χ3n) is 4.80. The van der Waals surface area contributed by atoms with Crippen LogP contribution in [-0.2, 0) is 11.3 Å². The lowest BCUT2D eigenvalue weighted by molar-refractivity contribution is -0.147. The fraction of sp³-hybridized carbons (Fsp3) is 0.412. The number of carboxylic acid groups (broad SMARTS) is 1. The summed E-state index contributed by atoms with van der Waals surface area (Å²) in [4.78, 5) is 25.4. The van der Waals surface area contributed by atoms with Gasteiger partial charge >= 0.3 is 5.97 Å². The molecule has 1 aliphatic heterocycles. The third kappa shape index (κ3) is 3.16. The van der Waals surface area contributed by atoms with Crippen LogP contribution in [0, 0.1) is 24.0 Å². The van der Waals surface area contributed by atoms with E-state index < -0.39 is 28.9 Å². The molecular weight excluding hydrogens is 346 g/mol. The molecule has 1 aromatic carbocycles. The maximum Gasteiger partial charge on any atom is 0.311 e. The maximum atomic E-state index is 13.8. The highest BCUT2D eigenvalue weighted by molar-refractivity contribution is 5.94. The predicted molar refractivity (Wildman–Crippen MR) is 86.5 cm³/mol. The second-order valence-corrected chi connectivity index (χ2v) is 6.76. The third-order valence-corrected chi connectivity index (χ3v) is 4.80. The Morgan fingerprint density at radius 1 is 1.35 bits per heavy atom. The summed E-state index contributed by atoms with van der Waals surface area (Å²) in [6, 6.07) is 3.24. The average Bonchev–Trinajstić information content (AvgIpc) is 3.14. The van der Waals surface area contributed by atoms with Crippen LogP contribution < -0.4 is 0 Å². The minimum atomic E-state index is -0.975. The molecule has 1 saturated heterocycles. The number of carbonyl (C=O) groups excluding carboxylic acids is 1. The zero-order chi connectivity index (χ0) is 19.1. The van der Waals surface area contributed by atoms with Crippen LogP contribution in [0.3, 0.4) is 0 Å². The SMILES string of the molecule is Cc1c(C(=O)N2CCC(C)(C(=O)O)C2)nnn1Cc1ccc(F)cc1F. The molecule has 1 aromatic heterocycles. The van der Waals surface area contributed by atoms with Crippen LogP contribution >= 0.6 is 0 Å². The molecule has 3 rings (SSSR count). The van der Waals surface area contributed by atoms with Gasteiger partial charge in [0.15, 0.2) is 5.69 Å². The van der Waals surface area contributed by atoms with Crippen LogP contribution in [0.2, 0.25) is 0 Å². The summed E-state index contributed by atoms with van der Waals surface area (Å²) in [5, 5.41) is 17.0. The minimum absolute atomic E-state index is 0.00503. The summed E-state index contributed by atoms with van der Waals surface area (Å²) in [5.41, 5.74) is -0.223. The predicted octanol–water partition coefficient (Wildman–Crippen LogP) is 1.85. The summed E-state index contributed by atoms with van der Waals surface area (Å²) in [6.07, 6.45) is 0.363. The Kier molecular flexibility index (Phi) is 4.47. The van der Waals surface area contributed by atoms with Crippen molar-refractivity contribution >= 4 is 11.9 Å². The fourth-order valence-electron chi connectivity index (χ4n) is 2.98. The van der Waals surface area contributed by atoms with Gasteiger partial charge in [-0.25, -0.2) is 13.5 Å². The Morgan fingerprint density at radius 2 is 2.08 bits per heavy atom. The number of nitrogens with zero attached hydrogens (tertiary/aromatic N) is 4. The molecule has 0 bridgehead atoms. The molecule has 1 fully saturated rings. The number of aliphatic carboxylic acids is 1. The number of hydrogen-bond acceptors (Lipinski definition) is 4. The van der Waals surface area contributed by atoms with E-state index in [1.807, 2.05) is 0 Å². The molecule has 0 aliphatic carbocycles. The Hall–Kier alpha value is -2.84. The van der Waals surface area contributed by atoms with Gasteiger partial charge in [0.1, 0.15) is 11.6 Å². The van der Waals surface area contributed by atoms with E-state index >= 15 is 0 Å². The summed E-state index contributed by atoms with van der Waals surface area (Å²) >= 11 is 0. The molecule has 1 aliphatic rings. The van der Waals surface area contributed by atoms with Gasteiger partial charge in [-0.1, -0.05) is 11.3 Å². The number of aromatic nitrogens is 3. The second kappa shape index (κ2) is 6.47. The number of benzene rings is 1. The molecule has 138 valence electrons. The van der Waals surface area contributed by atoms with Gasteiger partial charge in [0.2, 0.25) is 0 Å². The molecule has 1 amide bonds. The maximum absolute atomic E-state index is 13.8. The molecule has 0 spiro atoms. The van der Waals surface area contributed by atoms with Gasteiger partial charge < -0.3 is 10.0 Å². The van der Waals surface area contributed by atoms with Gasteiger partial charge in [-0.15, -0.1) is 5.10 Å². The quantitative estimate of drug-likeness (QED) is 0.894. The van der Waals surface area contributed by atoms with E-state index in [9.17, 15) is 23.5 Å². The van der Waals surface area contributed by atoms with Crippen molar-refractivity contribution < 1.29 is 23.5 Å². The minimum Gasteiger partial charge on any atom is -0.481 e. The number of carboxylic acids is 1. The van der Waals surface area contributed by atoms with E-state index in [0.717, 1.165) is 12.1 Å². The number of likely N-dealkylation sites (tertiary alicyclic amines) is 1. The number of halogens is 2. The molecule has 26 heavy (non-hydrogen) atoms. The second-order valence-electron chi connectivity index (χ2n) is 6.76. The number of carbonyl (C=O) groups is 2. The molecule has 1 unspecified atom stereocenters. The molecule has 7 nitrogen and oxygen atoms in total. The number of hydrogen-bond donors (Lipinski definition) is 1. The standard InChI is InChI=1S/C17H18F2N4O3/c1-10-14(15(24)22-6-5-17(2,9-22)16(25)26)20-21-23(10)8-11-3-4-12(18)7-13(11)19/h3-4,7H,5-6,8-9H2,1-2H3,(H,25,26). The van der Waals surface area contributed by atoms with E-state index in [4.69, 9.17) is 0 Å². The van der Waals surface area contributed by atoms with Crippen molar-refractivity contribution in [2.24, 2.45) is 5.41 Å². The normalized spacial score (nSPS) is 19.8. The smallest absolute Gasteiger partial charge is 0.311 e. The van der Waals surface area contributed by atoms with Crippen molar-refractivity contribution in [1.82, 2.24) is 19.9 Å². The highest BCUT2D eigenvalue weighted by Crippen LogP contribution is 2.31. The van der Waals surface area contributed by atoms with Gasteiger partial charge in [0, 0.05) is 24.7 Å². The van der Waals surface area contributed by atoms with Crippen molar-refractivity contribution in [3.8, 4) is 0 Å². The Labute approximate surface area is 148 Å². The van der Waals surface area contributed by atoms with Crippen LogP contribution in [0.25, 0.3) is 0 Å². The van der Waals surface area contributed by atoms with Crippen molar-refractivity contribution in [2.45, 2.75) is 26.8 Å². The van der Waals surface area contributed by atoms with Crippen molar-refractivity contribution in [1.29, 1.82) is 0 Å². The molecule has 2 heterocycles. The molecular formula is C17H18F2N4O3. The largest absolute Gasteiger partial charge is 0.481 e. The lowest BCUT2D eigenvalue weighted by Crippen LogP contribution is -2.35. The van der Waals surface area contributed by atoms with E-state index in [0.29, 0.717) is 18.7 Å². The summed E-state index contributed by atoms with van der Waals surface area (Å²) < 4.78 is 28.2. The van der Waals surface area contributed by atoms with Crippen LogP contribution in [0.1, 0.15) is 35.1 Å². The first-order chi connectivity index (χ1) is 12.2. The zero-order valence-corrected chi connectivity index (χ0v) is 14.4.